The van der Waals surface area contributed by atoms with Gasteiger partial charge in [0.15, 0.2) is 0 Å². The van der Waals surface area contributed by atoms with Gasteiger partial charge in [0, 0.05) is 6.42 Å². The van der Waals surface area contributed by atoms with Gasteiger partial charge in [-0.15, -0.1) is 0 Å². The number of aliphatic hydroxyl groups excluding tert-OH is 2. The molecule has 0 heterocycles. The lowest BCUT2D eigenvalue weighted by Crippen LogP contribution is -2.60. The number of carboxylic acid groups (broad SMARTS) is 2. The van der Waals surface area contributed by atoms with Gasteiger partial charge in [0.1, 0.15) is 18.1 Å². The summed E-state index contributed by atoms with van der Waals surface area (Å²) < 4.78 is 0. The highest BCUT2D eigenvalue weighted by Crippen LogP contribution is 2.04. The van der Waals surface area contributed by atoms with Crippen molar-refractivity contribution in [2.24, 2.45) is 11.5 Å². The Morgan fingerprint density at radius 3 is 1.94 bits per heavy atom. The van der Waals surface area contributed by atoms with E-state index in [-0.39, 0.29) is 19.3 Å². The number of aliphatic hydroxyl groups is 2. The van der Waals surface area contributed by atoms with Crippen molar-refractivity contribution in [3.8, 4) is 0 Å². The van der Waals surface area contributed by atoms with Crippen LogP contribution in [0.1, 0.15) is 39.0 Å². The van der Waals surface area contributed by atoms with Crippen LogP contribution in [0.5, 0.6) is 0 Å². The van der Waals surface area contributed by atoms with Crippen molar-refractivity contribution in [1.82, 2.24) is 16.0 Å². The normalized spacial score (nSPS) is 15.5. The zero-order valence-electron chi connectivity index (χ0n) is 17.8. The number of carboxylic acids is 2. The summed E-state index contributed by atoms with van der Waals surface area (Å²) in [5, 5.41) is 43.7. The summed E-state index contributed by atoms with van der Waals surface area (Å²) in [4.78, 5) is 58.8. The highest BCUT2D eigenvalue weighted by Gasteiger charge is 2.32. The van der Waals surface area contributed by atoms with Gasteiger partial charge in [0.2, 0.25) is 17.7 Å². The molecule has 14 nitrogen and oxygen atoms in total. The van der Waals surface area contributed by atoms with Gasteiger partial charge in [0.05, 0.1) is 18.8 Å². The van der Waals surface area contributed by atoms with Gasteiger partial charge in [-0.2, -0.15) is 0 Å². The average molecular weight is 463 g/mol. The average Bonchev–Trinajstić information content (AvgIpc) is 2.72. The van der Waals surface area contributed by atoms with E-state index in [2.05, 4.69) is 16.0 Å². The molecule has 184 valence electrons. The maximum atomic E-state index is 12.5. The molecular formula is C18H33N5O9. The van der Waals surface area contributed by atoms with Crippen LogP contribution in [0, 0.1) is 0 Å². The number of nitrogens with one attached hydrogen (secondary N) is 3. The zero-order valence-corrected chi connectivity index (χ0v) is 17.8. The summed E-state index contributed by atoms with van der Waals surface area (Å²) in [7, 11) is 0. The molecule has 5 atom stereocenters. The molecule has 0 saturated carbocycles. The van der Waals surface area contributed by atoms with E-state index in [1.54, 1.807) is 0 Å². The third-order valence-electron chi connectivity index (χ3n) is 4.45. The van der Waals surface area contributed by atoms with Crippen LogP contribution in [0.15, 0.2) is 0 Å². The van der Waals surface area contributed by atoms with E-state index < -0.39 is 66.5 Å². The fraction of sp³-hybridized carbons (Fsp3) is 0.722. The Kier molecular flexibility index (Phi) is 13.7. The molecular weight excluding hydrogens is 430 g/mol. The summed E-state index contributed by atoms with van der Waals surface area (Å²) in [5.41, 5.74) is 10.9. The Balaban J connectivity index is 5.09. The highest BCUT2D eigenvalue weighted by atomic mass is 16.4. The third kappa shape index (κ3) is 11.0. The molecule has 0 bridgehead atoms. The molecule has 0 saturated heterocycles. The fourth-order valence-electron chi connectivity index (χ4n) is 2.55. The predicted octanol–water partition coefficient (Wildman–Crippen LogP) is -3.78. The van der Waals surface area contributed by atoms with Crippen LogP contribution in [0.4, 0.5) is 0 Å². The number of nitrogens with two attached hydrogens (primary N) is 2. The van der Waals surface area contributed by atoms with Crippen LogP contribution >= 0.6 is 0 Å². The SMILES string of the molecule is CC(O)C(NC(=O)C(CO)NC(=O)C(N)CCC(=O)O)C(=O)NC(CCCCN)C(=O)O. The predicted molar refractivity (Wildman–Crippen MR) is 110 cm³/mol. The first kappa shape index (κ1) is 29.2. The second-order valence-electron chi connectivity index (χ2n) is 7.19. The smallest absolute Gasteiger partial charge is 0.326 e. The van der Waals surface area contributed by atoms with Gasteiger partial charge in [-0.25, -0.2) is 4.79 Å². The van der Waals surface area contributed by atoms with Crippen LogP contribution in [-0.4, -0.2) is 93.5 Å². The summed E-state index contributed by atoms with van der Waals surface area (Å²) in [6, 6.07) is -5.65. The van der Waals surface area contributed by atoms with Crippen molar-refractivity contribution in [2.75, 3.05) is 13.2 Å². The molecule has 0 aliphatic rings. The molecule has 0 aliphatic carbocycles. The van der Waals surface area contributed by atoms with E-state index in [0.717, 1.165) is 0 Å². The van der Waals surface area contributed by atoms with Crippen molar-refractivity contribution in [1.29, 1.82) is 0 Å². The molecule has 3 amide bonds. The minimum absolute atomic E-state index is 0.0856. The van der Waals surface area contributed by atoms with E-state index in [9.17, 15) is 39.3 Å². The molecule has 0 aromatic rings. The first-order valence-electron chi connectivity index (χ1n) is 10.0. The Morgan fingerprint density at radius 1 is 0.875 bits per heavy atom. The van der Waals surface area contributed by atoms with Crippen molar-refractivity contribution in [3.05, 3.63) is 0 Å². The van der Waals surface area contributed by atoms with Crippen LogP contribution in [0.3, 0.4) is 0 Å². The van der Waals surface area contributed by atoms with E-state index in [0.29, 0.717) is 19.4 Å². The molecule has 5 unspecified atom stereocenters. The lowest BCUT2D eigenvalue weighted by atomic mass is 10.1. The highest BCUT2D eigenvalue weighted by molar-refractivity contribution is 5.94. The van der Waals surface area contributed by atoms with Crippen LogP contribution < -0.4 is 27.4 Å². The second kappa shape index (κ2) is 15.1. The van der Waals surface area contributed by atoms with Crippen molar-refractivity contribution < 1.29 is 44.4 Å². The summed E-state index contributed by atoms with van der Waals surface area (Å²) in [6.07, 6.45) is -0.971. The van der Waals surface area contributed by atoms with Crippen molar-refractivity contribution in [2.45, 2.75) is 69.3 Å². The first-order valence-corrected chi connectivity index (χ1v) is 10.0. The number of rotatable bonds is 16. The van der Waals surface area contributed by atoms with Gasteiger partial charge in [-0.3, -0.25) is 19.2 Å². The summed E-state index contributed by atoms with van der Waals surface area (Å²) in [6.45, 7) is 0.651. The maximum absolute atomic E-state index is 12.5. The van der Waals surface area contributed by atoms with E-state index in [1.165, 1.54) is 6.92 Å². The number of carbonyl (C=O) groups excluding carboxylic acids is 3. The van der Waals surface area contributed by atoms with E-state index in [4.69, 9.17) is 16.6 Å². The maximum Gasteiger partial charge on any atom is 0.326 e. The first-order chi connectivity index (χ1) is 14.9. The second-order valence-corrected chi connectivity index (χ2v) is 7.19. The van der Waals surface area contributed by atoms with Gasteiger partial charge in [0.25, 0.3) is 0 Å². The van der Waals surface area contributed by atoms with Gasteiger partial charge in [-0.1, -0.05) is 0 Å². The standard InChI is InChI=1S/C18H33N5O9/c1-9(25)14(17(30)21-11(18(31)32)4-2-3-7-19)23-16(29)12(8-24)22-15(28)10(20)5-6-13(26)27/h9-12,14,24-25H,2-8,19-20H2,1H3,(H,21,30)(H,22,28)(H,23,29)(H,26,27)(H,31,32). The number of carbonyl (C=O) groups is 5. The topological polar surface area (TPSA) is 254 Å². The molecule has 14 heteroatoms. The number of unbranched alkanes of at least 4 members (excludes halogenated alkanes) is 1. The molecule has 0 rings (SSSR count). The molecule has 0 aromatic carbocycles. The molecule has 11 N–H and O–H groups in total. The van der Waals surface area contributed by atoms with Crippen LogP contribution in [-0.2, 0) is 24.0 Å². The van der Waals surface area contributed by atoms with Gasteiger partial charge in [-0.05, 0) is 39.2 Å². The third-order valence-corrected chi connectivity index (χ3v) is 4.45. The number of amides is 3. The summed E-state index contributed by atoms with van der Waals surface area (Å²) >= 11 is 0. The molecule has 0 aromatic heterocycles. The Morgan fingerprint density at radius 2 is 1.47 bits per heavy atom. The number of aliphatic carboxylic acids is 2. The van der Waals surface area contributed by atoms with Gasteiger partial charge < -0.3 is 47.8 Å². The largest absolute Gasteiger partial charge is 0.481 e. The molecule has 0 radical (unpaired) electrons. The summed E-state index contributed by atoms with van der Waals surface area (Å²) in [5.74, 6) is -5.39. The van der Waals surface area contributed by atoms with E-state index >= 15 is 0 Å². The van der Waals surface area contributed by atoms with E-state index in [1.807, 2.05) is 0 Å². The lowest BCUT2D eigenvalue weighted by Gasteiger charge is -2.26. The quantitative estimate of drug-likeness (QED) is 0.100. The Bertz CT molecular complexity index is 659. The number of hydrogen-bond acceptors (Lipinski definition) is 9. The van der Waals surface area contributed by atoms with Crippen LogP contribution in [0.2, 0.25) is 0 Å². The van der Waals surface area contributed by atoms with Crippen LogP contribution in [0.25, 0.3) is 0 Å². The van der Waals surface area contributed by atoms with Gasteiger partial charge >= 0.3 is 11.9 Å². The molecule has 0 spiro atoms. The van der Waals surface area contributed by atoms with Crippen molar-refractivity contribution in [3.63, 3.8) is 0 Å². The Hall–Kier alpha value is -2.81. The van der Waals surface area contributed by atoms with Crippen molar-refractivity contribution >= 4 is 29.7 Å². The number of hydrogen-bond donors (Lipinski definition) is 9. The lowest BCUT2D eigenvalue weighted by molar-refractivity contribution is -0.143. The Labute approximate surface area is 184 Å². The molecule has 0 aliphatic heterocycles. The minimum Gasteiger partial charge on any atom is -0.481 e. The molecule has 0 fully saturated rings. The minimum atomic E-state index is -1.58. The fourth-order valence-corrected chi connectivity index (χ4v) is 2.55. The molecule has 32 heavy (non-hydrogen) atoms. The monoisotopic (exact) mass is 463 g/mol. The zero-order chi connectivity index (χ0) is 24.8.